The second-order valence-electron chi connectivity index (χ2n) is 5.18. The molecule has 0 atom stereocenters. The van der Waals surface area contributed by atoms with Crippen LogP contribution >= 0.6 is 0 Å². The fourth-order valence-corrected chi connectivity index (χ4v) is 2.13. The maximum atomic E-state index is 12.0. The van der Waals surface area contributed by atoms with E-state index in [9.17, 15) is 9.59 Å². The Balaban J connectivity index is 0.000000446. The number of hydrogen-bond acceptors (Lipinski definition) is 6. The summed E-state index contributed by atoms with van der Waals surface area (Å²) in [5.41, 5.74) is 1.79. The van der Waals surface area contributed by atoms with E-state index in [1.807, 2.05) is 13.0 Å². The molecule has 6 heteroatoms. The van der Waals surface area contributed by atoms with Gasteiger partial charge in [0.2, 0.25) is 0 Å². The summed E-state index contributed by atoms with van der Waals surface area (Å²) in [4.78, 5) is 23.3. The van der Waals surface area contributed by atoms with Gasteiger partial charge in [0.1, 0.15) is 6.42 Å². The molecule has 1 aliphatic rings. The first-order chi connectivity index (χ1) is 11.1. The lowest BCUT2D eigenvalue weighted by Crippen LogP contribution is -2.11. The number of rotatable bonds is 5. The average Bonchev–Trinajstić information content (AvgIpc) is 3.09. The number of nitrogens with zero attached hydrogens (tertiary/aromatic N) is 2. The first-order valence-electron chi connectivity index (χ1n) is 7.88. The highest BCUT2D eigenvalue weighted by Crippen LogP contribution is 2.22. The zero-order chi connectivity index (χ0) is 17.1. The van der Waals surface area contributed by atoms with Gasteiger partial charge in [0.25, 0.3) is 0 Å². The Labute approximate surface area is 137 Å². The fourth-order valence-electron chi connectivity index (χ4n) is 2.13. The SMILES string of the molecule is C1CCNC1.CCOC(=O)CC(=O)c1cc(C)ccc1N=NC. The molecule has 1 saturated heterocycles. The van der Waals surface area contributed by atoms with Crippen molar-refractivity contribution in [2.24, 2.45) is 10.2 Å². The lowest BCUT2D eigenvalue weighted by molar-refractivity contribution is -0.141. The van der Waals surface area contributed by atoms with E-state index < -0.39 is 5.97 Å². The number of benzene rings is 1. The molecule has 0 spiro atoms. The van der Waals surface area contributed by atoms with Crippen molar-refractivity contribution in [3.05, 3.63) is 29.3 Å². The molecule has 2 rings (SSSR count). The third-order valence-electron chi connectivity index (χ3n) is 3.23. The summed E-state index contributed by atoms with van der Waals surface area (Å²) < 4.78 is 4.75. The fraction of sp³-hybridized carbons (Fsp3) is 0.529. The van der Waals surface area contributed by atoms with Crippen molar-refractivity contribution in [3.8, 4) is 0 Å². The summed E-state index contributed by atoms with van der Waals surface area (Å²) in [6.45, 7) is 6.33. The Bertz CT molecular complexity index is 544. The standard InChI is InChI=1S/C13H16N2O3.C4H9N/c1-4-18-13(17)8-12(16)10-7-9(2)5-6-11(10)15-14-3;1-2-4-5-3-1/h5-7H,4,8H2,1-3H3;5H,1-4H2. The van der Waals surface area contributed by atoms with Gasteiger partial charge in [0, 0.05) is 12.6 Å². The Morgan fingerprint density at radius 3 is 2.48 bits per heavy atom. The summed E-state index contributed by atoms with van der Waals surface area (Å²) in [6.07, 6.45) is 2.50. The highest BCUT2D eigenvalue weighted by atomic mass is 16.5. The number of ether oxygens (including phenoxy) is 1. The molecular formula is C17H25N3O3. The monoisotopic (exact) mass is 319 g/mol. The van der Waals surface area contributed by atoms with Crippen LogP contribution in [-0.4, -0.2) is 38.5 Å². The molecule has 0 saturated carbocycles. The summed E-state index contributed by atoms with van der Waals surface area (Å²) in [5.74, 6) is -0.831. The maximum Gasteiger partial charge on any atom is 0.313 e. The van der Waals surface area contributed by atoms with Gasteiger partial charge in [-0.05, 0) is 51.9 Å². The molecule has 1 aromatic carbocycles. The van der Waals surface area contributed by atoms with Crippen molar-refractivity contribution in [1.82, 2.24) is 5.32 Å². The Morgan fingerprint density at radius 2 is 1.96 bits per heavy atom. The highest BCUT2D eigenvalue weighted by molar-refractivity contribution is 6.08. The van der Waals surface area contributed by atoms with E-state index in [1.165, 1.54) is 33.0 Å². The molecule has 1 fully saturated rings. The third-order valence-corrected chi connectivity index (χ3v) is 3.23. The van der Waals surface area contributed by atoms with Gasteiger partial charge in [-0.15, -0.1) is 0 Å². The second-order valence-corrected chi connectivity index (χ2v) is 5.18. The number of azo groups is 1. The molecule has 126 valence electrons. The number of aryl methyl sites for hydroxylation is 1. The number of carbonyl (C=O) groups excluding carboxylic acids is 2. The first-order valence-corrected chi connectivity index (χ1v) is 7.88. The molecule has 0 aliphatic carbocycles. The molecule has 0 amide bonds. The Kier molecular flexibility index (Phi) is 8.75. The van der Waals surface area contributed by atoms with E-state index >= 15 is 0 Å². The molecular weight excluding hydrogens is 294 g/mol. The van der Waals surface area contributed by atoms with Crippen LogP contribution < -0.4 is 5.32 Å². The van der Waals surface area contributed by atoms with Gasteiger partial charge in [-0.25, -0.2) is 0 Å². The number of esters is 1. The van der Waals surface area contributed by atoms with Gasteiger partial charge in [-0.1, -0.05) is 11.6 Å². The van der Waals surface area contributed by atoms with E-state index in [1.54, 1.807) is 19.1 Å². The van der Waals surface area contributed by atoms with Crippen LogP contribution in [0.4, 0.5) is 5.69 Å². The minimum Gasteiger partial charge on any atom is -0.466 e. The maximum absolute atomic E-state index is 12.0. The average molecular weight is 319 g/mol. The normalized spacial score (nSPS) is 13.5. The summed E-state index contributed by atoms with van der Waals surface area (Å²) >= 11 is 0. The highest BCUT2D eigenvalue weighted by Gasteiger charge is 2.16. The van der Waals surface area contributed by atoms with E-state index in [-0.39, 0.29) is 18.8 Å². The van der Waals surface area contributed by atoms with Crippen molar-refractivity contribution in [3.63, 3.8) is 0 Å². The number of carbonyl (C=O) groups is 2. The number of Topliss-reactive ketones (excluding diaryl/α,β-unsaturated/α-hetero) is 1. The topological polar surface area (TPSA) is 80.1 Å². The van der Waals surface area contributed by atoms with Crippen LogP contribution in [0.2, 0.25) is 0 Å². The quantitative estimate of drug-likeness (QED) is 0.391. The smallest absolute Gasteiger partial charge is 0.313 e. The van der Waals surface area contributed by atoms with Gasteiger partial charge in [-0.3, -0.25) is 9.59 Å². The van der Waals surface area contributed by atoms with Crippen molar-refractivity contribution in [2.75, 3.05) is 26.7 Å². The van der Waals surface area contributed by atoms with E-state index in [0.717, 1.165) is 5.56 Å². The van der Waals surface area contributed by atoms with E-state index in [4.69, 9.17) is 4.74 Å². The van der Waals surface area contributed by atoms with E-state index in [0.29, 0.717) is 11.3 Å². The molecule has 1 aliphatic heterocycles. The van der Waals surface area contributed by atoms with Crippen LogP contribution in [0.25, 0.3) is 0 Å². The molecule has 23 heavy (non-hydrogen) atoms. The number of nitrogens with one attached hydrogen (secondary N) is 1. The van der Waals surface area contributed by atoms with Crippen molar-refractivity contribution in [1.29, 1.82) is 0 Å². The van der Waals surface area contributed by atoms with Crippen LogP contribution in [-0.2, 0) is 9.53 Å². The molecule has 1 aromatic rings. The Hall–Kier alpha value is -2.08. The predicted molar refractivity (Wildman–Crippen MR) is 89.3 cm³/mol. The van der Waals surface area contributed by atoms with E-state index in [2.05, 4.69) is 15.5 Å². The van der Waals surface area contributed by atoms with Crippen LogP contribution in [0.5, 0.6) is 0 Å². The van der Waals surface area contributed by atoms with Crippen molar-refractivity contribution >= 4 is 17.4 Å². The predicted octanol–water partition coefficient (Wildman–Crippen LogP) is 3.21. The minimum absolute atomic E-state index is 0.265. The van der Waals surface area contributed by atoms with Crippen LogP contribution in [0.15, 0.2) is 28.4 Å². The molecule has 6 nitrogen and oxygen atoms in total. The molecule has 0 radical (unpaired) electrons. The molecule has 1 heterocycles. The second kappa shape index (κ2) is 10.6. The van der Waals surface area contributed by atoms with Crippen LogP contribution in [0, 0.1) is 6.92 Å². The lowest BCUT2D eigenvalue weighted by atomic mass is 10.0. The number of hydrogen-bond donors (Lipinski definition) is 1. The summed E-state index contributed by atoms with van der Waals surface area (Å²) in [5, 5.41) is 10.7. The molecule has 1 N–H and O–H groups in total. The largest absolute Gasteiger partial charge is 0.466 e. The Morgan fingerprint density at radius 1 is 1.26 bits per heavy atom. The molecule has 0 unspecified atom stereocenters. The van der Waals surface area contributed by atoms with Gasteiger partial charge in [0.05, 0.1) is 12.3 Å². The zero-order valence-corrected chi connectivity index (χ0v) is 14.1. The summed E-state index contributed by atoms with van der Waals surface area (Å²) in [7, 11) is 1.53. The lowest BCUT2D eigenvalue weighted by Gasteiger charge is -2.05. The number of ketones is 1. The summed E-state index contributed by atoms with van der Waals surface area (Å²) in [6, 6.07) is 5.25. The van der Waals surface area contributed by atoms with Crippen LogP contribution in [0.1, 0.15) is 42.1 Å². The molecule has 0 bridgehead atoms. The molecule has 0 aromatic heterocycles. The van der Waals surface area contributed by atoms with Gasteiger partial charge in [0.15, 0.2) is 5.78 Å². The van der Waals surface area contributed by atoms with Gasteiger partial charge < -0.3 is 10.1 Å². The van der Waals surface area contributed by atoms with Crippen LogP contribution in [0.3, 0.4) is 0 Å². The first kappa shape index (κ1) is 19.0. The minimum atomic E-state index is -0.525. The van der Waals surface area contributed by atoms with Crippen molar-refractivity contribution < 1.29 is 14.3 Å². The van der Waals surface area contributed by atoms with Gasteiger partial charge in [-0.2, -0.15) is 10.2 Å². The van der Waals surface area contributed by atoms with Crippen molar-refractivity contribution in [2.45, 2.75) is 33.1 Å². The van der Waals surface area contributed by atoms with Gasteiger partial charge >= 0.3 is 5.97 Å². The zero-order valence-electron chi connectivity index (χ0n) is 14.1. The third kappa shape index (κ3) is 7.15.